The molecule has 2 N–H and O–H groups in total. The summed E-state index contributed by atoms with van der Waals surface area (Å²) in [6, 6.07) is 8.20. The van der Waals surface area contributed by atoms with E-state index < -0.39 is 0 Å². The average molecular weight is 317 g/mol. The number of nitrogens with one attached hydrogen (secondary N) is 1. The fourth-order valence-corrected chi connectivity index (χ4v) is 3.77. The Balaban J connectivity index is 1.56. The van der Waals surface area contributed by atoms with Gasteiger partial charge < -0.3 is 15.2 Å². The number of carbonyl (C=O) groups excluding carboxylic acids is 1. The smallest absolute Gasteiger partial charge is 0.222 e. The summed E-state index contributed by atoms with van der Waals surface area (Å²) in [6.07, 6.45) is 4.82. The van der Waals surface area contributed by atoms with Crippen molar-refractivity contribution < 1.29 is 14.6 Å². The Hall–Kier alpha value is -1.39. The maximum absolute atomic E-state index is 12.3. The van der Waals surface area contributed by atoms with E-state index in [2.05, 4.69) is 24.4 Å². The minimum absolute atomic E-state index is 0.00528. The van der Waals surface area contributed by atoms with Crippen molar-refractivity contribution in [2.24, 2.45) is 5.41 Å². The molecule has 1 aromatic carbocycles. The molecule has 0 radical (unpaired) electrons. The maximum atomic E-state index is 12.3. The molecule has 3 unspecified atom stereocenters. The van der Waals surface area contributed by atoms with Gasteiger partial charge in [-0.05, 0) is 30.4 Å². The van der Waals surface area contributed by atoms with Gasteiger partial charge in [0.15, 0.2) is 0 Å². The van der Waals surface area contributed by atoms with Gasteiger partial charge in [0.05, 0.1) is 25.2 Å². The molecule has 0 saturated heterocycles. The predicted molar refractivity (Wildman–Crippen MR) is 89.0 cm³/mol. The van der Waals surface area contributed by atoms with Crippen LogP contribution in [0.1, 0.15) is 56.3 Å². The Bertz CT molecular complexity index is 559. The minimum atomic E-state index is -0.316. The second kappa shape index (κ2) is 7.02. The van der Waals surface area contributed by atoms with Crippen LogP contribution in [0.5, 0.6) is 0 Å². The summed E-state index contributed by atoms with van der Waals surface area (Å²) in [5, 5.41) is 13.2. The largest absolute Gasteiger partial charge is 0.392 e. The van der Waals surface area contributed by atoms with Gasteiger partial charge >= 0.3 is 0 Å². The lowest BCUT2D eigenvalue weighted by Crippen LogP contribution is -2.45. The van der Waals surface area contributed by atoms with Crippen molar-refractivity contribution in [1.29, 1.82) is 0 Å². The summed E-state index contributed by atoms with van der Waals surface area (Å²) in [7, 11) is 0. The number of aliphatic hydroxyl groups excluding tert-OH is 1. The topological polar surface area (TPSA) is 58.6 Å². The zero-order valence-corrected chi connectivity index (χ0v) is 13.9. The van der Waals surface area contributed by atoms with Gasteiger partial charge in [0.2, 0.25) is 5.91 Å². The van der Waals surface area contributed by atoms with E-state index in [9.17, 15) is 9.90 Å². The Morgan fingerprint density at radius 2 is 2.22 bits per heavy atom. The lowest BCUT2D eigenvalue weighted by Gasteiger charge is -2.38. The molecule has 4 heteroatoms. The molecule has 2 aliphatic rings. The van der Waals surface area contributed by atoms with Crippen LogP contribution >= 0.6 is 0 Å². The van der Waals surface area contributed by atoms with Crippen molar-refractivity contribution in [3.8, 4) is 0 Å². The van der Waals surface area contributed by atoms with Crippen molar-refractivity contribution in [3.63, 3.8) is 0 Å². The molecule has 1 saturated carbocycles. The van der Waals surface area contributed by atoms with Crippen LogP contribution in [0.2, 0.25) is 0 Å². The fourth-order valence-electron chi connectivity index (χ4n) is 3.77. The Morgan fingerprint density at radius 1 is 1.39 bits per heavy atom. The van der Waals surface area contributed by atoms with Crippen LogP contribution in [0.25, 0.3) is 0 Å². The predicted octanol–water partition coefficient (Wildman–Crippen LogP) is 2.75. The molecule has 1 heterocycles. The van der Waals surface area contributed by atoms with E-state index in [1.165, 1.54) is 5.56 Å². The molecule has 1 aliphatic carbocycles. The first-order valence-corrected chi connectivity index (χ1v) is 8.73. The van der Waals surface area contributed by atoms with Gasteiger partial charge in [-0.2, -0.15) is 0 Å². The molecule has 1 aromatic rings. The lowest BCUT2D eigenvalue weighted by molar-refractivity contribution is -0.125. The van der Waals surface area contributed by atoms with Crippen LogP contribution in [0.4, 0.5) is 0 Å². The van der Waals surface area contributed by atoms with Crippen LogP contribution in [0.3, 0.4) is 0 Å². The molecular formula is C19H27NO3. The monoisotopic (exact) mass is 317 g/mol. The van der Waals surface area contributed by atoms with Crippen molar-refractivity contribution in [2.75, 3.05) is 13.2 Å². The molecule has 4 nitrogen and oxygen atoms in total. The van der Waals surface area contributed by atoms with E-state index in [1.54, 1.807) is 0 Å². The lowest BCUT2D eigenvalue weighted by atomic mass is 9.73. The van der Waals surface area contributed by atoms with Crippen molar-refractivity contribution in [2.45, 2.75) is 57.7 Å². The zero-order chi connectivity index (χ0) is 16.3. The Labute approximate surface area is 138 Å². The van der Waals surface area contributed by atoms with Crippen molar-refractivity contribution >= 4 is 5.91 Å². The second-order valence-corrected chi connectivity index (χ2v) is 7.20. The number of aliphatic hydroxyl groups is 1. The molecule has 1 fully saturated rings. The molecule has 0 bridgehead atoms. The first-order chi connectivity index (χ1) is 11.1. The summed E-state index contributed by atoms with van der Waals surface area (Å²) in [6.45, 7) is 3.29. The number of ether oxygens (including phenoxy) is 1. The third-order valence-corrected chi connectivity index (χ3v) is 5.43. The maximum Gasteiger partial charge on any atom is 0.222 e. The molecule has 126 valence electrons. The molecule has 3 rings (SSSR count). The van der Waals surface area contributed by atoms with Gasteiger partial charge in [-0.3, -0.25) is 4.79 Å². The number of benzene rings is 1. The molecule has 1 amide bonds. The summed E-state index contributed by atoms with van der Waals surface area (Å²) < 4.78 is 5.80. The molecule has 23 heavy (non-hydrogen) atoms. The molecule has 3 atom stereocenters. The number of amides is 1. The van der Waals surface area contributed by atoms with Gasteiger partial charge in [0.25, 0.3) is 0 Å². The summed E-state index contributed by atoms with van der Waals surface area (Å²) in [4.78, 5) is 12.3. The van der Waals surface area contributed by atoms with Gasteiger partial charge in [0, 0.05) is 12.0 Å². The van der Waals surface area contributed by atoms with E-state index in [-0.39, 0.29) is 23.5 Å². The summed E-state index contributed by atoms with van der Waals surface area (Å²) >= 11 is 0. The van der Waals surface area contributed by atoms with E-state index in [0.717, 1.165) is 37.7 Å². The van der Waals surface area contributed by atoms with E-state index in [4.69, 9.17) is 4.74 Å². The van der Waals surface area contributed by atoms with E-state index in [1.807, 2.05) is 12.1 Å². The minimum Gasteiger partial charge on any atom is -0.392 e. The Kier molecular flexibility index (Phi) is 5.02. The zero-order valence-electron chi connectivity index (χ0n) is 13.9. The quantitative estimate of drug-likeness (QED) is 0.898. The molecule has 0 aromatic heterocycles. The molecular weight excluding hydrogens is 290 g/mol. The van der Waals surface area contributed by atoms with Gasteiger partial charge in [-0.15, -0.1) is 0 Å². The SMILES string of the molecule is CC1(CNC(=O)CC2OCCc3ccccc32)CCCCC1O. The molecule has 1 aliphatic heterocycles. The third kappa shape index (κ3) is 3.75. The van der Waals surface area contributed by atoms with Crippen LogP contribution in [0, 0.1) is 5.41 Å². The van der Waals surface area contributed by atoms with Gasteiger partial charge in [-0.25, -0.2) is 0 Å². The normalized spacial score (nSPS) is 30.5. The van der Waals surface area contributed by atoms with Crippen LogP contribution < -0.4 is 5.32 Å². The highest BCUT2D eigenvalue weighted by atomic mass is 16.5. The highest BCUT2D eigenvalue weighted by Gasteiger charge is 2.35. The number of carbonyl (C=O) groups is 1. The van der Waals surface area contributed by atoms with Crippen molar-refractivity contribution in [1.82, 2.24) is 5.32 Å². The Morgan fingerprint density at radius 3 is 3.04 bits per heavy atom. The first-order valence-electron chi connectivity index (χ1n) is 8.73. The van der Waals surface area contributed by atoms with E-state index >= 15 is 0 Å². The summed E-state index contributed by atoms with van der Waals surface area (Å²) in [5.74, 6) is 0.00528. The van der Waals surface area contributed by atoms with Crippen LogP contribution in [0.15, 0.2) is 24.3 Å². The third-order valence-electron chi connectivity index (χ3n) is 5.43. The molecule has 0 spiro atoms. The fraction of sp³-hybridized carbons (Fsp3) is 0.632. The number of hydrogen-bond acceptors (Lipinski definition) is 3. The standard InChI is InChI=1S/C19H27NO3/c1-19(10-5-4-8-17(19)21)13-20-18(22)12-16-15-7-3-2-6-14(15)9-11-23-16/h2-3,6-7,16-17,21H,4-5,8-13H2,1H3,(H,20,22). The summed E-state index contributed by atoms with van der Waals surface area (Å²) in [5.41, 5.74) is 2.23. The first kappa shape index (κ1) is 16.5. The number of hydrogen-bond donors (Lipinski definition) is 2. The van der Waals surface area contributed by atoms with Gasteiger partial charge in [-0.1, -0.05) is 44.0 Å². The highest BCUT2D eigenvalue weighted by molar-refractivity contribution is 5.76. The van der Waals surface area contributed by atoms with Crippen LogP contribution in [-0.2, 0) is 16.0 Å². The van der Waals surface area contributed by atoms with E-state index in [0.29, 0.717) is 19.6 Å². The average Bonchev–Trinajstić information content (AvgIpc) is 2.56. The number of fused-ring (bicyclic) bond motifs is 1. The second-order valence-electron chi connectivity index (χ2n) is 7.20. The highest BCUT2D eigenvalue weighted by Crippen LogP contribution is 2.35. The number of rotatable bonds is 4. The van der Waals surface area contributed by atoms with Crippen LogP contribution in [-0.4, -0.2) is 30.3 Å². The van der Waals surface area contributed by atoms with Crippen molar-refractivity contribution in [3.05, 3.63) is 35.4 Å². The van der Waals surface area contributed by atoms with Gasteiger partial charge in [0.1, 0.15) is 0 Å².